The van der Waals surface area contributed by atoms with Crippen molar-refractivity contribution in [1.82, 2.24) is 9.88 Å². The number of aryl methyl sites for hydroxylation is 2. The molecule has 32 heavy (non-hydrogen) atoms. The van der Waals surface area contributed by atoms with Crippen molar-refractivity contribution in [2.45, 2.75) is 32.6 Å². The average molecular weight is 492 g/mol. The van der Waals surface area contributed by atoms with E-state index in [0.29, 0.717) is 24.2 Å². The lowest BCUT2D eigenvalue weighted by Crippen LogP contribution is -2.38. The zero-order valence-electron chi connectivity index (χ0n) is 18.3. The van der Waals surface area contributed by atoms with Gasteiger partial charge < -0.3 is 10.2 Å². The van der Waals surface area contributed by atoms with Crippen molar-refractivity contribution in [2.24, 2.45) is 0 Å². The fourth-order valence-corrected chi connectivity index (χ4v) is 4.40. The van der Waals surface area contributed by atoms with Crippen LogP contribution in [0, 0.1) is 13.8 Å². The molecule has 2 amide bonds. The molecular weight excluding hydrogens is 466 g/mol. The standard InChI is InChI=1S/C26H26BrN3O2/c1-17-4-3-5-22(16-17)29-25(31)23-11-6-18(2)28-24(23)19-12-14-30(15-13-19)26(32)20-7-9-21(27)10-8-20/h3-11,16,19H,12-15H2,1-2H3,(H,29,31). The molecule has 2 aromatic carbocycles. The second-order valence-corrected chi connectivity index (χ2v) is 9.20. The third-order valence-electron chi connectivity index (χ3n) is 5.84. The van der Waals surface area contributed by atoms with Crippen molar-refractivity contribution in [2.75, 3.05) is 18.4 Å². The van der Waals surface area contributed by atoms with Gasteiger partial charge in [0.1, 0.15) is 0 Å². The van der Waals surface area contributed by atoms with E-state index in [0.717, 1.165) is 40.0 Å². The van der Waals surface area contributed by atoms with E-state index in [9.17, 15) is 9.59 Å². The number of amides is 2. The number of aromatic nitrogens is 1. The lowest BCUT2D eigenvalue weighted by molar-refractivity contribution is 0.0711. The lowest BCUT2D eigenvalue weighted by Gasteiger charge is -2.32. The average Bonchev–Trinajstić information content (AvgIpc) is 2.79. The Bertz CT molecular complexity index is 1140. The first kappa shape index (κ1) is 22.2. The molecule has 1 saturated heterocycles. The van der Waals surface area contributed by atoms with Crippen LogP contribution in [0.15, 0.2) is 65.1 Å². The minimum Gasteiger partial charge on any atom is -0.339 e. The summed E-state index contributed by atoms with van der Waals surface area (Å²) < 4.78 is 0.953. The molecule has 0 radical (unpaired) electrons. The van der Waals surface area contributed by atoms with E-state index in [2.05, 4.69) is 21.2 Å². The molecule has 1 fully saturated rings. The van der Waals surface area contributed by atoms with Gasteiger partial charge in [-0.25, -0.2) is 0 Å². The fourth-order valence-electron chi connectivity index (χ4n) is 4.13. The van der Waals surface area contributed by atoms with Gasteiger partial charge in [-0.1, -0.05) is 28.1 Å². The highest BCUT2D eigenvalue weighted by Gasteiger charge is 2.28. The van der Waals surface area contributed by atoms with Gasteiger partial charge in [0.25, 0.3) is 11.8 Å². The van der Waals surface area contributed by atoms with Crippen molar-refractivity contribution in [3.05, 3.63) is 93.2 Å². The summed E-state index contributed by atoms with van der Waals surface area (Å²) in [6.45, 7) is 5.23. The molecule has 1 aliphatic rings. The Kier molecular flexibility index (Phi) is 6.70. The van der Waals surface area contributed by atoms with Crippen LogP contribution in [0.3, 0.4) is 0 Å². The highest BCUT2D eigenvalue weighted by molar-refractivity contribution is 9.10. The molecule has 2 heterocycles. The number of piperidine rings is 1. The van der Waals surface area contributed by atoms with Crippen molar-refractivity contribution in [3.63, 3.8) is 0 Å². The minimum atomic E-state index is -0.147. The van der Waals surface area contributed by atoms with Crippen molar-refractivity contribution < 1.29 is 9.59 Å². The Morgan fingerprint density at radius 3 is 2.41 bits per heavy atom. The molecule has 1 aromatic heterocycles. The van der Waals surface area contributed by atoms with E-state index < -0.39 is 0 Å². The predicted molar refractivity (Wildman–Crippen MR) is 130 cm³/mol. The topological polar surface area (TPSA) is 62.3 Å². The Hall–Kier alpha value is -2.99. The van der Waals surface area contributed by atoms with E-state index in [1.165, 1.54) is 0 Å². The first-order valence-corrected chi connectivity index (χ1v) is 11.6. The maximum atomic E-state index is 13.1. The number of hydrogen-bond donors (Lipinski definition) is 1. The van der Waals surface area contributed by atoms with Gasteiger partial charge >= 0.3 is 0 Å². The van der Waals surface area contributed by atoms with E-state index in [-0.39, 0.29) is 17.7 Å². The number of halogens is 1. The van der Waals surface area contributed by atoms with E-state index in [1.54, 1.807) is 0 Å². The van der Waals surface area contributed by atoms with Gasteiger partial charge in [0.05, 0.1) is 11.3 Å². The third kappa shape index (κ3) is 5.07. The van der Waals surface area contributed by atoms with E-state index in [1.807, 2.05) is 79.4 Å². The zero-order valence-corrected chi connectivity index (χ0v) is 19.9. The van der Waals surface area contributed by atoms with Gasteiger partial charge in [-0.15, -0.1) is 0 Å². The summed E-state index contributed by atoms with van der Waals surface area (Å²) in [4.78, 5) is 32.5. The van der Waals surface area contributed by atoms with Crippen LogP contribution in [0.1, 0.15) is 56.4 Å². The van der Waals surface area contributed by atoms with Crippen LogP contribution in [0.5, 0.6) is 0 Å². The van der Waals surface area contributed by atoms with Crippen LogP contribution in [0.4, 0.5) is 5.69 Å². The minimum absolute atomic E-state index is 0.0468. The summed E-state index contributed by atoms with van der Waals surface area (Å²) in [5, 5.41) is 3.00. The van der Waals surface area contributed by atoms with Crippen LogP contribution in [-0.4, -0.2) is 34.8 Å². The molecule has 0 bridgehead atoms. The number of nitrogens with one attached hydrogen (secondary N) is 1. The monoisotopic (exact) mass is 491 g/mol. The molecule has 3 aromatic rings. The van der Waals surface area contributed by atoms with E-state index in [4.69, 9.17) is 4.98 Å². The molecule has 164 valence electrons. The molecule has 0 aliphatic carbocycles. The van der Waals surface area contributed by atoms with E-state index >= 15 is 0 Å². The molecule has 1 aliphatic heterocycles. The third-order valence-corrected chi connectivity index (χ3v) is 6.37. The van der Waals surface area contributed by atoms with Gasteiger partial charge in [-0.2, -0.15) is 0 Å². The Morgan fingerprint density at radius 2 is 1.72 bits per heavy atom. The first-order valence-electron chi connectivity index (χ1n) is 10.8. The van der Waals surface area contributed by atoms with Crippen LogP contribution in [0.2, 0.25) is 0 Å². The lowest BCUT2D eigenvalue weighted by atomic mass is 9.89. The molecule has 1 N–H and O–H groups in total. The Balaban J connectivity index is 1.48. The quantitative estimate of drug-likeness (QED) is 0.506. The van der Waals surface area contributed by atoms with Crippen LogP contribution in [0.25, 0.3) is 0 Å². The zero-order chi connectivity index (χ0) is 22.7. The molecular formula is C26H26BrN3O2. The smallest absolute Gasteiger partial charge is 0.257 e. The van der Waals surface area contributed by atoms with Gasteiger partial charge in [-0.05, 0) is 80.8 Å². The summed E-state index contributed by atoms with van der Waals surface area (Å²) in [7, 11) is 0. The number of anilines is 1. The molecule has 0 atom stereocenters. The van der Waals surface area contributed by atoms with Gasteiger partial charge in [-0.3, -0.25) is 14.6 Å². The molecule has 4 rings (SSSR count). The number of likely N-dealkylation sites (tertiary alicyclic amines) is 1. The number of rotatable bonds is 4. The van der Waals surface area contributed by atoms with Crippen molar-refractivity contribution >= 4 is 33.4 Å². The summed E-state index contributed by atoms with van der Waals surface area (Å²) in [6, 6.07) is 19.0. The summed E-state index contributed by atoms with van der Waals surface area (Å²) in [5.41, 5.74) is 4.88. The molecule has 0 saturated carbocycles. The fraction of sp³-hybridized carbons (Fsp3) is 0.269. The second kappa shape index (κ2) is 9.65. The number of carbonyl (C=O) groups excluding carboxylic acids is 2. The number of hydrogen-bond acceptors (Lipinski definition) is 3. The van der Waals surface area contributed by atoms with Gasteiger partial charge in [0, 0.05) is 40.4 Å². The Labute approximate surface area is 197 Å². The maximum absolute atomic E-state index is 13.1. The summed E-state index contributed by atoms with van der Waals surface area (Å²) >= 11 is 3.41. The molecule has 0 spiro atoms. The summed E-state index contributed by atoms with van der Waals surface area (Å²) in [6.07, 6.45) is 1.56. The second-order valence-electron chi connectivity index (χ2n) is 8.28. The summed E-state index contributed by atoms with van der Waals surface area (Å²) in [5.74, 6) is 0.0409. The molecule has 0 unspecified atom stereocenters. The normalized spacial score (nSPS) is 14.3. The van der Waals surface area contributed by atoms with Crippen molar-refractivity contribution in [3.8, 4) is 0 Å². The number of pyridine rings is 1. The number of carbonyl (C=O) groups is 2. The van der Waals surface area contributed by atoms with Gasteiger partial charge in [0.15, 0.2) is 0 Å². The van der Waals surface area contributed by atoms with Crippen molar-refractivity contribution in [1.29, 1.82) is 0 Å². The number of benzene rings is 2. The highest BCUT2D eigenvalue weighted by Crippen LogP contribution is 2.30. The maximum Gasteiger partial charge on any atom is 0.257 e. The van der Waals surface area contributed by atoms with Crippen LogP contribution in [-0.2, 0) is 0 Å². The molecule has 5 nitrogen and oxygen atoms in total. The predicted octanol–water partition coefficient (Wildman–Crippen LogP) is 5.73. The first-order chi connectivity index (χ1) is 15.4. The molecule has 6 heteroatoms. The largest absolute Gasteiger partial charge is 0.339 e. The number of nitrogens with zero attached hydrogens (tertiary/aromatic N) is 2. The van der Waals surface area contributed by atoms with Crippen LogP contribution < -0.4 is 5.32 Å². The SMILES string of the molecule is Cc1cccc(NC(=O)c2ccc(C)nc2C2CCN(C(=O)c3ccc(Br)cc3)CC2)c1. The van der Waals surface area contributed by atoms with Gasteiger partial charge in [0.2, 0.25) is 0 Å². The highest BCUT2D eigenvalue weighted by atomic mass is 79.9. The Morgan fingerprint density at radius 1 is 1.00 bits per heavy atom. The van der Waals surface area contributed by atoms with Crippen LogP contribution >= 0.6 is 15.9 Å².